The molecular weight excluding hydrogens is 150 g/mol. The van der Waals surface area contributed by atoms with Gasteiger partial charge in [-0.3, -0.25) is 9.78 Å². The SMILES string of the molecule is Cn1nc(CC(=O)O)[nH]c1=O. The van der Waals surface area contributed by atoms with Crippen molar-refractivity contribution in [3.63, 3.8) is 0 Å². The van der Waals surface area contributed by atoms with E-state index in [1.165, 1.54) is 7.05 Å². The quantitative estimate of drug-likeness (QED) is 0.560. The molecule has 1 aromatic heterocycles. The van der Waals surface area contributed by atoms with Crippen molar-refractivity contribution in [2.24, 2.45) is 7.05 Å². The van der Waals surface area contributed by atoms with Gasteiger partial charge in [0.15, 0.2) is 0 Å². The average Bonchev–Trinajstić information content (AvgIpc) is 2.10. The first-order chi connectivity index (χ1) is 5.09. The van der Waals surface area contributed by atoms with Crippen molar-refractivity contribution in [1.29, 1.82) is 0 Å². The van der Waals surface area contributed by atoms with Crippen molar-refractivity contribution in [1.82, 2.24) is 14.8 Å². The predicted octanol–water partition coefficient (Wildman–Crippen LogP) is -1.26. The van der Waals surface area contributed by atoms with Gasteiger partial charge in [-0.1, -0.05) is 0 Å². The van der Waals surface area contributed by atoms with Gasteiger partial charge >= 0.3 is 11.7 Å². The highest BCUT2D eigenvalue weighted by Gasteiger charge is 2.05. The Morgan fingerprint density at radius 2 is 2.45 bits per heavy atom. The van der Waals surface area contributed by atoms with Crippen LogP contribution in [-0.2, 0) is 18.3 Å². The Morgan fingerprint density at radius 3 is 2.82 bits per heavy atom. The Bertz CT molecular complexity index is 324. The third-order valence-electron chi connectivity index (χ3n) is 1.13. The number of hydrogen-bond acceptors (Lipinski definition) is 3. The predicted molar refractivity (Wildman–Crippen MR) is 35.2 cm³/mol. The largest absolute Gasteiger partial charge is 0.481 e. The lowest BCUT2D eigenvalue weighted by Crippen LogP contribution is -2.13. The van der Waals surface area contributed by atoms with Crippen molar-refractivity contribution < 1.29 is 9.90 Å². The number of nitrogens with one attached hydrogen (secondary N) is 1. The molecule has 1 rings (SSSR count). The van der Waals surface area contributed by atoms with E-state index in [0.717, 1.165) is 4.68 Å². The third kappa shape index (κ3) is 1.66. The monoisotopic (exact) mass is 157 g/mol. The van der Waals surface area contributed by atoms with Crippen molar-refractivity contribution in [3.8, 4) is 0 Å². The zero-order valence-corrected chi connectivity index (χ0v) is 5.87. The van der Waals surface area contributed by atoms with Crippen molar-refractivity contribution >= 4 is 5.97 Å². The molecule has 2 N–H and O–H groups in total. The number of rotatable bonds is 2. The summed E-state index contributed by atoms with van der Waals surface area (Å²) in [6, 6.07) is 0. The molecule has 0 fully saturated rings. The number of nitrogens with zero attached hydrogens (tertiary/aromatic N) is 2. The molecule has 0 amide bonds. The van der Waals surface area contributed by atoms with E-state index in [1.54, 1.807) is 0 Å². The van der Waals surface area contributed by atoms with Crippen LogP contribution in [0.4, 0.5) is 0 Å². The Labute approximate surface area is 61.5 Å². The lowest BCUT2D eigenvalue weighted by Gasteiger charge is -1.85. The van der Waals surface area contributed by atoms with Crippen LogP contribution < -0.4 is 5.69 Å². The number of hydrogen-bond donors (Lipinski definition) is 2. The first kappa shape index (κ1) is 7.52. The second-order valence-corrected chi connectivity index (χ2v) is 2.07. The molecule has 0 aliphatic rings. The Hall–Kier alpha value is -1.59. The molecule has 1 aromatic rings. The minimum atomic E-state index is -1.01. The van der Waals surface area contributed by atoms with Gasteiger partial charge in [0.2, 0.25) is 0 Å². The molecule has 6 nitrogen and oxygen atoms in total. The first-order valence-corrected chi connectivity index (χ1v) is 2.93. The number of H-pyrrole nitrogens is 1. The molecule has 0 saturated heterocycles. The number of aromatic amines is 1. The molecule has 60 valence electrons. The first-order valence-electron chi connectivity index (χ1n) is 2.93. The van der Waals surface area contributed by atoms with Gasteiger partial charge in [0.1, 0.15) is 12.2 Å². The van der Waals surface area contributed by atoms with E-state index in [2.05, 4.69) is 10.1 Å². The summed E-state index contributed by atoms with van der Waals surface area (Å²) in [5, 5.41) is 11.9. The highest BCUT2D eigenvalue weighted by Crippen LogP contribution is 1.84. The fourth-order valence-corrected chi connectivity index (χ4v) is 0.679. The molecule has 0 saturated carbocycles. The molecule has 0 aliphatic heterocycles. The summed E-state index contributed by atoms with van der Waals surface area (Å²) >= 11 is 0. The van der Waals surface area contributed by atoms with Gasteiger partial charge in [-0.15, -0.1) is 0 Å². The zero-order chi connectivity index (χ0) is 8.43. The summed E-state index contributed by atoms with van der Waals surface area (Å²) in [4.78, 5) is 23.1. The molecule has 6 heteroatoms. The smallest absolute Gasteiger partial charge is 0.343 e. The molecule has 0 spiro atoms. The summed E-state index contributed by atoms with van der Waals surface area (Å²) in [5.74, 6) is -0.843. The standard InChI is InChI=1S/C5H7N3O3/c1-8-5(11)6-3(7-8)2-4(9)10/h2H2,1H3,(H,9,10)(H,6,7,11). The molecule has 0 unspecified atom stereocenters. The average molecular weight is 157 g/mol. The van der Waals surface area contributed by atoms with Gasteiger partial charge in [-0.25, -0.2) is 9.48 Å². The second kappa shape index (κ2) is 2.57. The third-order valence-corrected chi connectivity index (χ3v) is 1.13. The summed E-state index contributed by atoms with van der Waals surface area (Å²) in [6.07, 6.45) is -0.254. The van der Waals surface area contributed by atoms with Crippen molar-refractivity contribution in [2.75, 3.05) is 0 Å². The number of aryl methyl sites for hydroxylation is 1. The van der Waals surface area contributed by atoms with Crippen LogP contribution in [0.2, 0.25) is 0 Å². The van der Waals surface area contributed by atoms with Gasteiger partial charge < -0.3 is 5.11 Å². The van der Waals surface area contributed by atoms with E-state index < -0.39 is 11.7 Å². The number of carboxylic acids is 1. The van der Waals surface area contributed by atoms with Crippen LogP contribution in [-0.4, -0.2) is 25.8 Å². The minimum Gasteiger partial charge on any atom is -0.481 e. The maximum atomic E-state index is 10.7. The fraction of sp³-hybridized carbons (Fsp3) is 0.400. The lowest BCUT2D eigenvalue weighted by molar-refractivity contribution is -0.136. The minimum absolute atomic E-state index is 0.171. The second-order valence-electron chi connectivity index (χ2n) is 2.07. The lowest BCUT2D eigenvalue weighted by atomic mass is 10.4. The Morgan fingerprint density at radius 1 is 1.82 bits per heavy atom. The molecular formula is C5H7N3O3. The van der Waals surface area contributed by atoms with Crippen LogP contribution in [0.25, 0.3) is 0 Å². The number of aliphatic carboxylic acids is 1. The molecule has 0 atom stereocenters. The maximum absolute atomic E-state index is 10.7. The van der Waals surface area contributed by atoms with Gasteiger partial charge in [0, 0.05) is 7.05 Å². The summed E-state index contributed by atoms with van der Waals surface area (Å²) in [6.45, 7) is 0. The maximum Gasteiger partial charge on any atom is 0.343 e. The fourth-order valence-electron chi connectivity index (χ4n) is 0.679. The highest BCUT2D eigenvalue weighted by molar-refractivity contribution is 5.68. The van der Waals surface area contributed by atoms with E-state index in [1.807, 2.05) is 0 Å². The normalized spacial score (nSPS) is 9.91. The van der Waals surface area contributed by atoms with Gasteiger partial charge in [-0.05, 0) is 0 Å². The van der Waals surface area contributed by atoms with Crippen molar-refractivity contribution in [2.45, 2.75) is 6.42 Å². The summed E-state index contributed by atoms with van der Waals surface area (Å²) < 4.78 is 1.05. The Balaban J connectivity index is 2.89. The number of carbonyl (C=O) groups is 1. The van der Waals surface area contributed by atoms with Crippen LogP contribution in [0.5, 0.6) is 0 Å². The zero-order valence-electron chi connectivity index (χ0n) is 5.87. The number of aromatic nitrogens is 3. The number of carboxylic acid groups (broad SMARTS) is 1. The van der Waals surface area contributed by atoms with Crippen molar-refractivity contribution in [3.05, 3.63) is 16.3 Å². The van der Waals surface area contributed by atoms with Crippen LogP contribution >= 0.6 is 0 Å². The molecule has 0 bridgehead atoms. The summed E-state index contributed by atoms with van der Waals surface area (Å²) in [5.41, 5.74) is -0.402. The molecule has 0 radical (unpaired) electrons. The highest BCUT2D eigenvalue weighted by atomic mass is 16.4. The van der Waals surface area contributed by atoms with E-state index in [4.69, 9.17) is 5.11 Å². The van der Waals surface area contributed by atoms with Crippen LogP contribution in [0.1, 0.15) is 5.82 Å². The molecule has 1 heterocycles. The Kier molecular flexibility index (Phi) is 1.75. The topological polar surface area (TPSA) is 88.0 Å². The van der Waals surface area contributed by atoms with E-state index >= 15 is 0 Å². The molecule has 0 aromatic carbocycles. The van der Waals surface area contributed by atoms with E-state index in [0.29, 0.717) is 0 Å². The van der Waals surface area contributed by atoms with Gasteiger partial charge in [0.25, 0.3) is 0 Å². The van der Waals surface area contributed by atoms with Gasteiger partial charge in [0.05, 0.1) is 0 Å². The summed E-state index contributed by atoms with van der Waals surface area (Å²) in [7, 11) is 1.45. The van der Waals surface area contributed by atoms with Crippen LogP contribution in [0.3, 0.4) is 0 Å². The molecule has 0 aliphatic carbocycles. The van der Waals surface area contributed by atoms with Crippen LogP contribution in [0.15, 0.2) is 4.79 Å². The van der Waals surface area contributed by atoms with E-state index in [-0.39, 0.29) is 12.2 Å². The molecule has 11 heavy (non-hydrogen) atoms. The van der Waals surface area contributed by atoms with Crippen LogP contribution in [0, 0.1) is 0 Å². The van der Waals surface area contributed by atoms with E-state index in [9.17, 15) is 9.59 Å². The van der Waals surface area contributed by atoms with Gasteiger partial charge in [-0.2, -0.15) is 5.10 Å².